The molecule has 0 fully saturated rings. The van der Waals surface area contributed by atoms with Crippen LogP contribution >= 0.6 is 11.6 Å². The number of rotatable bonds is 2. The third-order valence-electron chi connectivity index (χ3n) is 2.50. The van der Waals surface area contributed by atoms with Gasteiger partial charge in [-0.05, 0) is 24.6 Å². The molecular weight excluding hydrogens is 226 g/mol. The predicted octanol–water partition coefficient (Wildman–Crippen LogP) is 1.59. The molecule has 0 aliphatic rings. The molecule has 84 valence electrons. The van der Waals surface area contributed by atoms with E-state index < -0.39 is 0 Å². The number of nitrogens with zero attached hydrogens (tertiary/aromatic N) is 3. The van der Waals surface area contributed by atoms with Crippen LogP contribution in [0.5, 0.6) is 0 Å². The Balaban J connectivity index is 2.30. The van der Waals surface area contributed by atoms with Gasteiger partial charge in [-0.1, -0.05) is 23.7 Å². The summed E-state index contributed by atoms with van der Waals surface area (Å²) in [5.74, 6) is 0.707. The van der Waals surface area contributed by atoms with Gasteiger partial charge in [0, 0.05) is 12.1 Å². The summed E-state index contributed by atoms with van der Waals surface area (Å²) in [6, 6.07) is 7.38. The fourth-order valence-electron chi connectivity index (χ4n) is 1.46. The largest absolute Gasteiger partial charge is 0.345 e. The highest BCUT2D eigenvalue weighted by atomic mass is 35.5. The standard InChI is InChI=1S/C11H12ClN3O/c1-8-13-15(11(16)14(8)2)7-9-3-5-10(12)6-4-9/h3-6H,7H2,1-2H3. The number of aryl methyl sites for hydroxylation is 1. The molecule has 2 aromatic rings. The average molecular weight is 238 g/mol. The average Bonchev–Trinajstić information content (AvgIpc) is 2.50. The Kier molecular flexibility index (Phi) is 2.83. The first kappa shape index (κ1) is 11.0. The number of benzene rings is 1. The van der Waals surface area contributed by atoms with Gasteiger partial charge < -0.3 is 0 Å². The number of hydrogen-bond acceptors (Lipinski definition) is 2. The molecule has 0 aliphatic carbocycles. The lowest BCUT2D eigenvalue weighted by molar-refractivity contribution is 0.646. The zero-order valence-corrected chi connectivity index (χ0v) is 9.90. The number of aromatic nitrogens is 3. The lowest BCUT2D eigenvalue weighted by Gasteiger charge is -2.00. The molecule has 1 aromatic heterocycles. The highest BCUT2D eigenvalue weighted by Gasteiger charge is 2.06. The van der Waals surface area contributed by atoms with E-state index in [1.807, 2.05) is 12.1 Å². The molecule has 5 heteroatoms. The van der Waals surface area contributed by atoms with Crippen molar-refractivity contribution in [3.05, 3.63) is 51.2 Å². The van der Waals surface area contributed by atoms with Gasteiger partial charge in [-0.3, -0.25) is 4.57 Å². The van der Waals surface area contributed by atoms with Crippen LogP contribution < -0.4 is 5.69 Å². The van der Waals surface area contributed by atoms with Crippen LogP contribution in [0.2, 0.25) is 5.02 Å². The van der Waals surface area contributed by atoms with Crippen molar-refractivity contribution in [2.45, 2.75) is 13.5 Å². The van der Waals surface area contributed by atoms with Crippen molar-refractivity contribution in [1.29, 1.82) is 0 Å². The molecule has 16 heavy (non-hydrogen) atoms. The van der Waals surface area contributed by atoms with Crippen LogP contribution in [-0.4, -0.2) is 14.3 Å². The molecule has 0 amide bonds. The van der Waals surface area contributed by atoms with Crippen molar-refractivity contribution in [2.24, 2.45) is 7.05 Å². The topological polar surface area (TPSA) is 39.8 Å². The molecule has 2 rings (SSSR count). The fraction of sp³-hybridized carbons (Fsp3) is 0.273. The quantitative estimate of drug-likeness (QED) is 0.796. The summed E-state index contributed by atoms with van der Waals surface area (Å²) in [7, 11) is 1.71. The Morgan fingerprint density at radius 1 is 1.31 bits per heavy atom. The summed E-state index contributed by atoms with van der Waals surface area (Å²) >= 11 is 5.79. The Morgan fingerprint density at radius 3 is 2.44 bits per heavy atom. The molecule has 0 N–H and O–H groups in total. The van der Waals surface area contributed by atoms with Crippen molar-refractivity contribution in [3.8, 4) is 0 Å². The minimum absolute atomic E-state index is 0.104. The van der Waals surface area contributed by atoms with Crippen molar-refractivity contribution in [2.75, 3.05) is 0 Å². The fourth-order valence-corrected chi connectivity index (χ4v) is 1.59. The summed E-state index contributed by atoms with van der Waals surface area (Å²) in [6.07, 6.45) is 0. The third kappa shape index (κ3) is 2.02. The van der Waals surface area contributed by atoms with E-state index in [-0.39, 0.29) is 5.69 Å². The van der Waals surface area contributed by atoms with Crippen LogP contribution in [0.25, 0.3) is 0 Å². The van der Waals surface area contributed by atoms with Crippen LogP contribution in [0, 0.1) is 6.92 Å². The van der Waals surface area contributed by atoms with Crippen molar-refractivity contribution < 1.29 is 0 Å². The number of hydrogen-bond donors (Lipinski definition) is 0. The zero-order chi connectivity index (χ0) is 11.7. The van der Waals surface area contributed by atoms with E-state index in [4.69, 9.17) is 11.6 Å². The van der Waals surface area contributed by atoms with Gasteiger partial charge in [-0.2, -0.15) is 5.10 Å². The Labute approximate surface area is 98.1 Å². The number of halogens is 1. The first-order valence-corrected chi connectivity index (χ1v) is 5.30. The molecule has 1 aromatic carbocycles. The second kappa shape index (κ2) is 4.14. The van der Waals surface area contributed by atoms with Gasteiger partial charge >= 0.3 is 5.69 Å². The summed E-state index contributed by atoms with van der Waals surface area (Å²) in [4.78, 5) is 11.7. The smallest absolute Gasteiger partial charge is 0.282 e. The predicted molar refractivity (Wildman–Crippen MR) is 62.8 cm³/mol. The highest BCUT2D eigenvalue weighted by molar-refractivity contribution is 6.30. The van der Waals surface area contributed by atoms with Crippen molar-refractivity contribution in [3.63, 3.8) is 0 Å². The minimum Gasteiger partial charge on any atom is -0.282 e. The molecular formula is C11H12ClN3O. The molecule has 0 bridgehead atoms. The summed E-state index contributed by atoms with van der Waals surface area (Å²) in [5, 5.41) is 4.85. The molecule has 0 radical (unpaired) electrons. The molecule has 0 spiro atoms. The second-order valence-electron chi connectivity index (χ2n) is 3.67. The molecule has 0 saturated carbocycles. The van der Waals surface area contributed by atoms with Crippen LogP contribution in [0.15, 0.2) is 29.1 Å². The molecule has 0 unspecified atom stereocenters. The maximum Gasteiger partial charge on any atom is 0.345 e. The van der Waals surface area contributed by atoms with Gasteiger partial charge in [0.15, 0.2) is 0 Å². The summed E-state index contributed by atoms with van der Waals surface area (Å²) in [5.41, 5.74) is 0.900. The van der Waals surface area contributed by atoms with Crippen LogP contribution in [0.1, 0.15) is 11.4 Å². The summed E-state index contributed by atoms with van der Waals surface area (Å²) < 4.78 is 2.97. The second-order valence-corrected chi connectivity index (χ2v) is 4.11. The van der Waals surface area contributed by atoms with E-state index in [1.54, 1.807) is 26.1 Å². The van der Waals surface area contributed by atoms with E-state index in [1.165, 1.54) is 9.25 Å². The van der Waals surface area contributed by atoms with Gasteiger partial charge in [0.05, 0.1) is 6.54 Å². The summed E-state index contributed by atoms with van der Waals surface area (Å²) in [6.45, 7) is 2.28. The molecule has 1 heterocycles. The first-order valence-electron chi connectivity index (χ1n) is 4.93. The SMILES string of the molecule is Cc1nn(Cc2ccc(Cl)cc2)c(=O)n1C. The van der Waals surface area contributed by atoms with Crippen LogP contribution in [0.3, 0.4) is 0 Å². The normalized spacial score (nSPS) is 10.7. The van der Waals surface area contributed by atoms with Crippen molar-refractivity contribution >= 4 is 11.6 Å². The minimum atomic E-state index is -0.104. The maximum absolute atomic E-state index is 11.7. The van der Waals surface area contributed by atoms with Crippen molar-refractivity contribution in [1.82, 2.24) is 14.3 Å². The van der Waals surface area contributed by atoms with E-state index in [2.05, 4.69) is 5.10 Å². The van der Waals surface area contributed by atoms with Gasteiger partial charge in [0.2, 0.25) is 0 Å². The molecule has 0 aliphatic heterocycles. The third-order valence-corrected chi connectivity index (χ3v) is 2.76. The molecule has 0 saturated heterocycles. The first-order chi connectivity index (χ1) is 7.58. The lowest BCUT2D eigenvalue weighted by Crippen LogP contribution is -2.23. The Bertz CT molecular complexity index is 554. The van der Waals surface area contributed by atoms with Gasteiger partial charge in [0.1, 0.15) is 5.82 Å². The Hall–Kier alpha value is -1.55. The van der Waals surface area contributed by atoms with Gasteiger partial charge in [-0.25, -0.2) is 9.48 Å². The maximum atomic E-state index is 11.7. The van der Waals surface area contributed by atoms with E-state index in [9.17, 15) is 4.79 Å². The monoisotopic (exact) mass is 237 g/mol. The Morgan fingerprint density at radius 2 is 1.94 bits per heavy atom. The molecule has 4 nitrogen and oxygen atoms in total. The van der Waals surface area contributed by atoms with Crippen LogP contribution in [0.4, 0.5) is 0 Å². The van der Waals surface area contributed by atoms with E-state index in [0.29, 0.717) is 17.4 Å². The molecule has 0 atom stereocenters. The van der Waals surface area contributed by atoms with Gasteiger partial charge in [-0.15, -0.1) is 0 Å². The van der Waals surface area contributed by atoms with E-state index >= 15 is 0 Å². The van der Waals surface area contributed by atoms with Crippen LogP contribution in [-0.2, 0) is 13.6 Å². The zero-order valence-electron chi connectivity index (χ0n) is 9.14. The lowest BCUT2D eigenvalue weighted by atomic mass is 10.2. The highest BCUT2D eigenvalue weighted by Crippen LogP contribution is 2.09. The van der Waals surface area contributed by atoms with E-state index in [0.717, 1.165) is 5.56 Å². The van der Waals surface area contributed by atoms with Gasteiger partial charge in [0.25, 0.3) is 0 Å².